The van der Waals surface area contributed by atoms with Gasteiger partial charge in [-0.25, -0.2) is 13.4 Å². The van der Waals surface area contributed by atoms with Gasteiger partial charge in [0.25, 0.3) is 0 Å². The largest absolute Gasteiger partial charge is 0.481 e. The average molecular weight is 244 g/mol. The highest BCUT2D eigenvalue weighted by atomic mass is 32.2. The number of hydrogen-bond donors (Lipinski definition) is 1. The number of fused-ring (bicyclic) bond motifs is 1. The maximum atomic E-state index is 11.4. The number of carbonyl (C=O) groups is 1. The van der Waals surface area contributed by atoms with E-state index < -0.39 is 15.8 Å². The smallest absolute Gasteiger partial charge is 0.311 e. The number of carboxylic acid groups (broad SMARTS) is 1. The first-order chi connectivity index (χ1) is 7.39. The van der Waals surface area contributed by atoms with Crippen LogP contribution in [0.15, 0.2) is 0 Å². The second kappa shape index (κ2) is 3.58. The minimum absolute atomic E-state index is 0.0736. The number of hydrogen-bond acceptors (Lipinski definition) is 4. The first-order valence-electron chi connectivity index (χ1n) is 4.84. The Hall–Kier alpha value is -1.37. The molecule has 0 saturated heterocycles. The molecule has 0 saturated carbocycles. The van der Waals surface area contributed by atoms with Crippen LogP contribution in [0.4, 0.5) is 0 Å². The van der Waals surface area contributed by atoms with Gasteiger partial charge in [-0.3, -0.25) is 4.79 Å². The first kappa shape index (κ1) is 11.1. The first-order valence-corrected chi connectivity index (χ1v) is 6.67. The summed E-state index contributed by atoms with van der Waals surface area (Å²) in [5, 5.41) is 8.68. The summed E-state index contributed by atoms with van der Waals surface area (Å²) >= 11 is 0. The van der Waals surface area contributed by atoms with Crippen molar-refractivity contribution in [1.29, 1.82) is 0 Å². The van der Waals surface area contributed by atoms with E-state index in [1.54, 1.807) is 11.6 Å². The Balaban J connectivity index is 2.41. The Bertz CT molecular complexity index is 544. The number of sulfone groups is 1. The highest BCUT2D eigenvalue weighted by molar-refractivity contribution is 7.90. The molecule has 0 aromatic carbocycles. The third-order valence-corrected chi connectivity index (χ3v) is 4.24. The monoisotopic (exact) mass is 244 g/mol. The maximum absolute atomic E-state index is 11.4. The van der Waals surface area contributed by atoms with Gasteiger partial charge in [0.05, 0.1) is 17.2 Å². The van der Waals surface area contributed by atoms with Crippen LogP contribution in [0.1, 0.15) is 17.2 Å². The third-order valence-electron chi connectivity index (χ3n) is 2.71. The number of rotatable bonds is 2. The SMILES string of the molecule is Cn1c(CC(=O)O)nc2c1CCS(=O)(=O)C2. The summed E-state index contributed by atoms with van der Waals surface area (Å²) in [5.74, 6) is -0.509. The summed E-state index contributed by atoms with van der Waals surface area (Å²) in [6, 6.07) is 0. The van der Waals surface area contributed by atoms with Crippen molar-refractivity contribution in [2.75, 3.05) is 5.75 Å². The summed E-state index contributed by atoms with van der Waals surface area (Å²) in [7, 11) is -1.33. The fraction of sp³-hybridized carbons (Fsp3) is 0.556. The van der Waals surface area contributed by atoms with E-state index in [1.165, 1.54) is 0 Å². The Morgan fingerprint density at radius 2 is 2.25 bits per heavy atom. The van der Waals surface area contributed by atoms with E-state index in [4.69, 9.17) is 5.11 Å². The molecule has 1 N–H and O–H groups in total. The molecule has 0 radical (unpaired) electrons. The van der Waals surface area contributed by atoms with Crippen molar-refractivity contribution < 1.29 is 18.3 Å². The van der Waals surface area contributed by atoms with Crippen LogP contribution in [0.5, 0.6) is 0 Å². The van der Waals surface area contributed by atoms with Crippen LogP contribution in [0, 0.1) is 0 Å². The molecular formula is C9H12N2O4S. The summed E-state index contributed by atoms with van der Waals surface area (Å²) in [5.41, 5.74) is 1.34. The zero-order valence-electron chi connectivity index (χ0n) is 8.80. The van der Waals surface area contributed by atoms with Crippen LogP contribution in [-0.4, -0.2) is 34.8 Å². The summed E-state index contributed by atoms with van der Waals surface area (Å²) in [4.78, 5) is 14.7. The molecule has 0 spiro atoms. The Morgan fingerprint density at radius 3 is 2.88 bits per heavy atom. The van der Waals surface area contributed by atoms with Crippen LogP contribution >= 0.6 is 0 Å². The fourth-order valence-corrected chi connectivity index (χ4v) is 3.19. The Kier molecular flexibility index (Phi) is 2.49. The lowest BCUT2D eigenvalue weighted by Gasteiger charge is -2.12. The van der Waals surface area contributed by atoms with Gasteiger partial charge in [0.1, 0.15) is 12.2 Å². The topological polar surface area (TPSA) is 89.3 Å². The van der Waals surface area contributed by atoms with Gasteiger partial charge in [-0.2, -0.15) is 0 Å². The molecular weight excluding hydrogens is 232 g/mol. The molecule has 16 heavy (non-hydrogen) atoms. The van der Waals surface area contributed by atoms with Gasteiger partial charge in [0, 0.05) is 19.2 Å². The highest BCUT2D eigenvalue weighted by Crippen LogP contribution is 2.21. The summed E-state index contributed by atoms with van der Waals surface area (Å²) in [6.07, 6.45) is 0.240. The van der Waals surface area contributed by atoms with Crippen molar-refractivity contribution in [3.8, 4) is 0 Å². The van der Waals surface area contributed by atoms with Gasteiger partial charge >= 0.3 is 5.97 Å². The lowest BCUT2D eigenvalue weighted by Crippen LogP contribution is -2.20. The van der Waals surface area contributed by atoms with Gasteiger partial charge < -0.3 is 9.67 Å². The minimum Gasteiger partial charge on any atom is -0.481 e. The summed E-state index contributed by atoms with van der Waals surface area (Å²) < 4.78 is 24.5. The van der Waals surface area contributed by atoms with Crippen LogP contribution < -0.4 is 0 Å². The Morgan fingerprint density at radius 1 is 1.56 bits per heavy atom. The van der Waals surface area contributed by atoms with Crippen LogP contribution in [-0.2, 0) is 40.3 Å². The van der Waals surface area contributed by atoms with Crippen molar-refractivity contribution in [3.05, 3.63) is 17.2 Å². The predicted octanol–water partition coefficient (Wildman–Crippen LogP) is -0.482. The Labute approximate surface area is 92.8 Å². The molecule has 2 heterocycles. The number of aliphatic carboxylic acids is 1. The lowest BCUT2D eigenvalue weighted by atomic mass is 10.3. The zero-order chi connectivity index (χ0) is 11.9. The van der Waals surface area contributed by atoms with E-state index in [2.05, 4.69) is 4.98 Å². The van der Waals surface area contributed by atoms with Crippen LogP contribution in [0.2, 0.25) is 0 Å². The molecule has 0 fully saturated rings. The van der Waals surface area contributed by atoms with E-state index in [-0.39, 0.29) is 17.9 Å². The maximum Gasteiger partial charge on any atom is 0.311 e. The molecule has 0 bridgehead atoms. The molecule has 0 aliphatic carbocycles. The quantitative estimate of drug-likeness (QED) is 0.758. The lowest BCUT2D eigenvalue weighted by molar-refractivity contribution is -0.136. The number of aromatic nitrogens is 2. The molecule has 2 rings (SSSR count). The molecule has 7 heteroatoms. The van der Waals surface area contributed by atoms with Crippen molar-refractivity contribution in [1.82, 2.24) is 9.55 Å². The molecule has 0 atom stereocenters. The van der Waals surface area contributed by atoms with Crippen molar-refractivity contribution in [2.24, 2.45) is 7.05 Å². The van der Waals surface area contributed by atoms with E-state index in [0.29, 0.717) is 17.9 Å². The van der Waals surface area contributed by atoms with Gasteiger partial charge in [-0.15, -0.1) is 0 Å². The number of nitrogens with zero attached hydrogens (tertiary/aromatic N) is 2. The van der Waals surface area contributed by atoms with E-state index in [0.717, 1.165) is 5.69 Å². The summed E-state index contributed by atoms with van der Waals surface area (Å²) in [6.45, 7) is 0. The molecule has 1 aromatic rings. The molecule has 6 nitrogen and oxygen atoms in total. The van der Waals surface area contributed by atoms with Gasteiger partial charge in [-0.1, -0.05) is 0 Å². The van der Waals surface area contributed by atoms with E-state index in [1.807, 2.05) is 0 Å². The minimum atomic E-state index is -3.05. The molecule has 1 aromatic heterocycles. The fourth-order valence-electron chi connectivity index (χ4n) is 1.90. The molecule has 1 aliphatic heterocycles. The second-order valence-electron chi connectivity index (χ2n) is 3.89. The predicted molar refractivity (Wildman–Crippen MR) is 55.7 cm³/mol. The van der Waals surface area contributed by atoms with E-state index in [9.17, 15) is 13.2 Å². The van der Waals surface area contributed by atoms with E-state index >= 15 is 0 Å². The standard InChI is InChI=1S/C9H12N2O4S/c1-11-7-2-3-16(14,15)5-6(7)10-8(11)4-9(12)13/h2-5H2,1H3,(H,12,13). The van der Waals surface area contributed by atoms with Gasteiger partial charge in [0.2, 0.25) is 0 Å². The average Bonchev–Trinajstić information content (AvgIpc) is 2.40. The van der Waals surface area contributed by atoms with Crippen LogP contribution in [0.25, 0.3) is 0 Å². The molecule has 1 aliphatic rings. The third kappa shape index (κ3) is 1.95. The highest BCUT2D eigenvalue weighted by Gasteiger charge is 2.26. The van der Waals surface area contributed by atoms with Crippen molar-refractivity contribution >= 4 is 15.8 Å². The second-order valence-corrected chi connectivity index (χ2v) is 6.08. The number of imidazole rings is 1. The van der Waals surface area contributed by atoms with Crippen LogP contribution in [0.3, 0.4) is 0 Å². The van der Waals surface area contributed by atoms with Crippen molar-refractivity contribution in [2.45, 2.75) is 18.6 Å². The molecule has 88 valence electrons. The van der Waals surface area contributed by atoms with Crippen molar-refractivity contribution in [3.63, 3.8) is 0 Å². The van der Waals surface area contributed by atoms with Gasteiger partial charge in [0.15, 0.2) is 9.84 Å². The van der Waals surface area contributed by atoms with Gasteiger partial charge in [-0.05, 0) is 0 Å². The normalized spacial score (nSPS) is 18.1. The number of carboxylic acids is 1. The zero-order valence-corrected chi connectivity index (χ0v) is 9.62. The molecule has 0 amide bonds. The molecule has 0 unspecified atom stereocenters.